The third-order valence-electron chi connectivity index (χ3n) is 6.52. The molecule has 7 heteroatoms. The van der Waals surface area contributed by atoms with Crippen molar-refractivity contribution in [2.45, 2.75) is 39.3 Å². The molecule has 3 aromatic rings. The first-order valence-corrected chi connectivity index (χ1v) is 10.9. The maximum absolute atomic E-state index is 12.3. The summed E-state index contributed by atoms with van der Waals surface area (Å²) < 4.78 is 21.5. The molecule has 1 aliphatic rings. The van der Waals surface area contributed by atoms with Crippen molar-refractivity contribution >= 4 is 16.9 Å². The van der Waals surface area contributed by atoms with E-state index in [0.29, 0.717) is 23.6 Å². The number of aryl methyl sites for hydroxylation is 2. The number of fused-ring (bicyclic) bond motifs is 2. The molecule has 174 valence electrons. The Bertz CT molecular complexity index is 1260. The SMILES string of the molecule is COC(=O)C[C@H]1c2cc(OC)c(OC)cc2CCN1Cc1cc(=O)oc2cc(C)c(C)cc12. The first-order valence-electron chi connectivity index (χ1n) is 10.9. The Kier molecular flexibility index (Phi) is 6.42. The second-order valence-electron chi connectivity index (χ2n) is 8.45. The minimum absolute atomic E-state index is 0.191. The highest BCUT2D eigenvalue weighted by molar-refractivity contribution is 5.82. The molecule has 1 aromatic heterocycles. The second-order valence-corrected chi connectivity index (χ2v) is 8.45. The van der Waals surface area contributed by atoms with Crippen LogP contribution in [0, 0.1) is 13.8 Å². The number of rotatable bonds is 6. The van der Waals surface area contributed by atoms with Crippen LogP contribution in [0.25, 0.3) is 11.0 Å². The Morgan fingerprint density at radius 3 is 2.42 bits per heavy atom. The molecule has 2 aromatic carbocycles. The van der Waals surface area contributed by atoms with Crippen molar-refractivity contribution in [3.8, 4) is 11.5 Å². The van der Waals surface area contributed by atoms with E-state index in [1.807, 2.05) is 32.0 Å². The number of benzene rings is 2. The molecule has 0 bridgehead atoms. The monoisotopic (exact) mass is 451 g/mol. The molecular formula is C26H29NO6. The lowest BCUT2D eigenvalue weighted by Crippen LogP contribution is -2.36. The summed E-state index contributed by atoms with van der Waals surface area (Å²) in [6.07, 6.45) is 0.974. The molecule has 7 nitrogen and oxygen atoms in total. The maximum Gasteiger partial charge on any atom is 0.336 e. The summed E-state index contributed by atoms with van der Waals surface area (Å²) in [7, 11) is 4.60. The van der Waals surface area contributed by atoms with Gasteiger partial charge < -0.3 is 18.6 Å². The van der Waals surface area contributed by atoms with Crippen molar-refractivity contribution in [2.24, 2.45) is 0 Å². The average Bonchev–Trinajstić information content (AvgIpc) is 2.80. The first-order chi connectivity index (χ1) is 15.8. The van der Waals surface area contributed by atoms with Gasteiger partial charge >= 0.3 is 11.6 Å². The van der Waals surface area contributed by atoms with E-state index in [1.54, 1.807) is 20.3 Å². The molecule has 0 fully saturated rings. The third kappa shape index (κ3) is 4.46. The van der Waals surface area contributed by atoms with E-state index >= 15 is 0 Å². The minimum Gasteiger partial charge on any atom is -0.493 e. The Labute approximate surface area is 192 Å². The summed E-state index contributed by atoms with van der Waals surface area (Å²) in [6.45, 7) is 5.26. The van der Waals surface area contributed by atoms with E-state index in [2.05, 4.69) is 11.0 Å². The fourth-order valence-corrected chi connectivity index (χ4v) is 4.58. The smallest absolute Gasteiger partial charge is 0.336 e. The van der Waals surface area contributed by atoms with Gasteiger partial charge in [0.1, 0.15) is 5.58 Å². The van der Waals surface area contributed by atoms with Crippen molar-refractivity contribution in [2.75, 3.05) is 27.9 Å². The number of hydrogen-bond donors (Lipinski definition) is 0. The van der Waals surface area contributed by atoms with Gasteiger partial charge in [0.25, 0.3) is 0 Å². The van der Waals surface area contributed by atoms with Crippen molar-refractivity contribution in [1.82, 2.24) is 4.90 Å². The Morgan fingerprint density at radius 1 is 1.03 bits per heavy atom. The lowest BCUT2D eigenvalue weighted by atomic mass is 9.89. The summed E-state index contributed by atoms with van der Waals surface area (Å²) in [4.78, 5) is 26.9. The number of nitrogens with zero attached hydrogens (tertiary/aromatic N) is 1. The van der Waals surface area contributed by atoms with Crippen molar-refractivity contribution < 1.29 is 23.4 Å². The quantitative estimate of drug-likeness (QED) is 0.413. The van der Waals surface area contributed by atoms with Crippen LogP contribution in [-0.4, -0.2) is 38.7 Å². The molecule has 0 unspecified atom stereocenters. The van der Waals surface area contributed by atoms with Gasteiger partial charge in [-0.25, -0.2) is 4.79 Å². The van der Waals surface area contributed by atoms with Crippen molar-refractivity contribution in [3.05, 3.63) is 68.6 Å². The maximum atomic E-state index is 12.3. The molecule has 0 amide bonds. The molecular weight excluding hydrogens is 422 g/mol. The largest absolute Gasteiger partial charge is 0.493 e. The molecule has 0 spiro atoms. The van der Waals surface area contributed by atoms with Crippen LogP contribution in [0.2, 0.25) is 0 Å². The highest BCUT2D eigenvalue weighted by Gasteiger charge is 2.31. The van der Waals surface area contributed by atoms with E-state index in [4.69, 9.17) is 18.6 Å². The Morgan fingerprint density at radius 2 is 1.73 bits per heavy atom. The molecule has 0 N–H and O–H groups in total. The molecule has 0 saturated carbocycles. The van der Waals surface area contributed by atoms with Gasteiger partial charge in [0.2, 0.25) is 0 Å². The lowest BCUT2D eigenvalue weighted by Gasteiger charge is -2.37. The van der Waals surface area contributed by atoms with Gasteiger partial charge in [-0.2, -0.15) is 0 Å². The normalized spacial score (nSPS) is 15.8. The summed E-state index contributed by atoms with van der Waals surface area (Å²) in [5, 5.41) is 0.910. The van der Waals surface area contributed by atoms with Crippen LogP contribution in [0.1, 0.15) is 40.3 Å². The van der Waals surface area contributed by atoms with Gasteiger partial charge in [-0.3, -0.25) is 9.69 Å². The first kappa shape index (κ1) is 22.9. The van der Waals surface area contributed by atoms with Crippen LogP contribution in [0.4, 0.5) is 0 Å². The fourth-order valence-electron chi connectivity index (χ4n) is 4.58. The van der Waals surface area contributed by atoms with Crippen molar-refractivity contribution in [3.63, 3.8) is 0 Å². The second kappa shape index (κ2) is 9.27. The van der Waals surface area contributed by atoms with Crippen LogP contribution in [0.5, 0.6) is 11.5 Å². The van der Waals surface area contributed by atoms with E-state index in [1.165, 1.54) is 7.11 Å². The number of ether oxygens (including phenoxy) is 3. The fraction of sp³-hybridized carbons (Fsp3) is 0.385. The molecule has 1 aliphatic heterocycles. The number of carbonyl (C=O) groups is 1. The third-order valence-corrected chi connectivity index (χ3v) is 6.52. The van der Waals surface area contributed by atoms with Gasteiger partial charge in [0.15, 0.2) is 11.5 Å². The number of carbonyl (C=O) groups excluding carboxylic acids is 1. The Hall–Kier alpha value is -3.32. The summed E-state index contributed by atoms with van der Waals surface area (Å²) in [5.74, 6) is 0.987. The van der Waals surface area contributed by atoms with Crippen LogP contribution in [0.3, 0.4) is 0 Å². The van der Waals surface area contributed by atoms with Crippen molar-refractivity contribution in [1.29, 1.82) is 0 Å². The van der Waals surface area contributed by atoms with Crippen LogP contribution < -0.4 is 15.1 Å². The number of hydrogen-bond acceptors (Lipinski definition) is 7. The number of esters is 1. The van der Waals surface area contributed by atoms with E-state index in [9.17, 15) is 9.59 Å². The summed E-state index contributed by atoms with van der Waals surface area (Å²) in [5.41, 5.74) is 5.39. The highest BCUT2D eigenvalue weighted by Crippen LogP contribution is 2.40. The summed E-state index contributed by atoms with van der Waals surface area (Å²) >= 11 is 0. The van der Waals surface area contributed by atoms with Gasteiger partial charge in [0, 0.05) is 30.6 Å². The topological polar surface area (TPSA) is 78.2 Å². The van der Waals surface area contributed by atoms with E-state index < -0.39 is 0 Å². The zero-order chi connectivity index (χ0) is 23.7. The van der Waals surface area contributed by atoms with E-state index in [-0.39, 0.29) is 24.1 Å². The van der Waals surface area contributed by atoms with Gasteiger partial charge in [-0.05, 0) is 72.4 Å². The standard InChI is InChI=1S/C26H29NO6/c1-15-8-20-18(11-26(29)33-22(20)9-16(15)2)14-27-7-6-17-10-23(30-3)24(31-4)12-19(17)21(27)13-25(28)32-5/h8-12,21H,6-7,13-14H2,1-5H3/t21-/m0/s1. The number of methoxy groups -OCH3 is 3. The lowest BCUT2D eigenvalue weighted by molar-refractivity contribution is -0.142. The zero-order valence-corrected chi connectivity index (χ0v) is 19.7. The van der Waals surface area contributed by atoms with Gasteiger partial charge in [-0.15, -0.1) is 0 Å². The van der Waals surface area contributed by atoms with Gasteiger partial charge in [0.05, 0.1) is 27.8 Å². The molecule has 2 heterocycles. The molecule has 33 heavy (non-hydrogen) atoms. The minimum atomic E-state index is -0.380. The predicted octanol–water partition coefficient (Wildman–Crippen LogP) is 4.09. The van der Waals surface area contributed by atoms with Crippen LogP contribution >= 0.6 is 0 Å². The zero-order valence-electron chi connectivity index (χ0n) is 19.7. The van der Waals surface area contributed by atoms with E-state index in [0.717, 1.165) is 46.2 Å². The molecule has 0 saturated heterocycles. The molecule has 0 aliphatic carbocycles. The molecule has 4 rings (SSSR count). The van der Waals surface area contributed by atoms with Crippen LogP contribution in [-0.2, 0) is 22.5 Å². The molecule has 1 atom stereocenters. The highest BCUT2D eigenvalue weighted by atomic mass is 16.5. The Balaban J connectivity index is 1.78. The van der Waals surface area contributed by atoms with Gasteiger partial charge in [-0.1, -0.05) is 0 Å². The van der Waals surface area contributed by atoms with Crippen LogP contribution in [0.15, 0.2) is 39.5 Å². The average molecular weight is 452 g/mol. The molecule has 0 radical (unpaired) electrons. The summed E-state index contributed by atoms with van der Waals surface area (Å²) in [6, 6.07) is 9.22. The predicted molar refractivity (Wildman–Crippen MR) is 125 cm³/mol.